The zero-order valence-corrected chi connectivity index (χ0v) is 23.4. The van der Waals surface area contributed by atoms with Gasteiger partial charge in [0.05, 0.1) is 16.5 Å². The average Bonchev–Trinajstić information content (AvgIpc) is 3.27. The molecule has 1 aliphatic rings. The van der Waals surface area contributed by atoms with E-state index in [-0.39, 0.29) is 21.9 Å². The summed E-state index contributed by atoms with van der Waals surface area (Å²) in [6.45, 7) is 1.29. The van der Waals surface area contributed by atoms with Crippen molar-refractivity contribution in [3.63, 3.8) is 0 Å². The molecule has 40 heavy (non-hydrogen) atoms. The Morgan fingerprint density at radius 2 is 1.88 bits per heavy atom. The molecule has 0 radical (unpaired) electrons. The van der Waals surface area contributed by atoms with Crippen LogP contribution in [0.5, 0.6) is 0 Å². The molecule has 2 unspecified atom stereocenters. The fraction of sp³-hybridized carbons (Fsp3) is 0.400. The lowest BCUT2D eigenvalue weighted by Gasteiger charge is -2.24. The second-order valence-corrected chi connectivity index (χ2v) is 12.3. The van der Waals surface area contributed by atoms with Crippen LogP contribution in [-0.4, -0.2) is 69.1 Å². The molecule has 1 heterocycles. The maximum atomic E-state index is 13.3. The Morgan fingerprint density at radius 3 is 2.45 bits per heavy atom. The molecule has 1 aromatic carbocycles. The number of carbonyl (C=O) groups excluding carboxylic acids is 1. The number of unbranched alkanes of at least 4 members (excludes halogenated alkanes) is 1. The maximum Gasteiger partial charge on any atom is 0.451 e. The standard InChI is InChI=1S/C25H28F3N3O7S2/c1-4-5-11-19(25(26,27)28)38-29-14-18-12-13-20(39-18)40(35,36)30-24(21(32)33)15-23(24,16-37-22(34)31(2)3)17-9-7-6-8-10-17/h6-14,30H,4-5,15-16H2,1-3H3,(H,32,33)/b19-11-,29-14+. The highest BCUT2D eigenvalue weighted by Crippen LogP contribution is 2.59. The van der Waals surface area contributed by atoms with Gasteiger partial charge in [-0.25, -0.2) is 13.2 Å². The molecule has 1 fully saturated rings. The summed E-state index contributed by atoms with van der Waals surface area (Å²) in [5, 5.41) is 13.5. The normalized spacial score (nSPS) is 21.3. The fourth-order valence-electron chi connectivity index (χ4n) is 3.99. The van der Waals surface area contributed by atoms with Crippen molar-refractivity contribution >= 4 is 39.6 Å². The number of hydrogen-bond acceptors (Lipinski definition) is 8. The van der Waals surface area contributed by atoms with Gasteiger partial charge < -0.3 is 19.6 Å². The van der Waals surface area contributed by atoms with Crippen molar-refractivity contribution in [3.8, 4) is 0 Å². The second kappa shape index (κ2) is 12.0. The summed E-state index contributed by atoms with van der Waals surface area (Å²) < 4.78 is 73.0. The van der Waals surface area contributed by atoms with Gasteiger partial charge in [-0.2, -0.15) is 17.9 Å². The van der Waals surface area contributed by atoms with Gasteiger partial charge in [0.1, 0.15) is 16.4 Å². The van der Waals surface area contributed by atoms with Gasteiger partial charge in [-0.1, -0.05) is 48.8 Å². The number of alkyl halides is 3. The number of allylic oxidation sites excluding steroid dienone is 2. The number of carboxylic acid groups (broad SMARTS) is 1. The largest absolute Gasteiger partial charge is 0.480 e. The molecule has 0 aliphatic heterocycles. The molecule has 1 amide bonds. The first-order chi connectivity index (χ1) is 18.7. The smallest absolute Gasteiger partial charge is 0.451 e. The number of rotatable bonds is 12. The number of aliphatic carboxylic acids is 1. The maximum absolute atomic E-state index is 13.3. The molecule has 1 aliphatic carbocycles. The highest BCUT2D eigenvalue weighted by molar-refractivity contribution is 7.91. The van der Waals surface area contributed by atoms with Crippen LogP contribution in [0.15, 0.2) is 63.7 Å². The highest BCUT2D eigenvalue weighted by atomic mass is 32.2. The number of nitrogens with one attached hydrogen (secondary N) is 1. The van der Waals surface area contributed by atoms with E-state index in [1.807, 2.05) is 0 Å². The third-order valence-electron chi connectivity index (χ3n) is 6.16. The third kappa shape index (κ3) is 6.64. The number of amides is 1. The molecule has 0 saturated heterocycles. The van der Waals surface area contributed by atoms with E-state index in [0.717, 1.165) is 17.2 Å². The van der Waals surface area contributed by atoms with Crippen LogP contribution in [0.3, 0.4) is 0 Å². The molecule has 10 nitrogen and oxygen atoms in total. The number of thiophene rings is 1. The number of oxime groups is 1. The molecule has 2 atom stereocenters. The van der Waals surface area contributed by atoms with Crippen molar-refractivity contribution in [2.75, 3.05) is 20.7 Å². The number of halogens is 3. The van der Waals surface area contributed by atoms with Crippen LogP contribution in [0.4, 0.5) is 18.0 Å². The van der Waals surface area contributed by atoms with Crippen LogP contribution in [0.1, 0.15) is 36.6 Å². The van der Waals surface area contributed by atoms with E-state index in [4.69, 9.17) is 4.74 Å². The predicted octanol–water partition coefficient (Wildman–Crippen LogP) is 4.49. The number of nitrogens with zero attached hydrogens (tertiary/aromatic N) is 2. The van der Waals surface area contributed by atoms with Crippen LogP contribution in [0, 0.1) is 0 Å². The fourth-order valence-corrected chi connectivity index (χ4v) is 6.60. The lowest BCUT2D eigenvalue weighted by atomic mass is 9.91. The number of sulfonamides is 1. The molecular formula is C25H28F3N3O7S2. The molecular weight excluding hydrogens is 575 g/mol. The van der Waals surface area contributed by atoms with E-state index in [2.05, 4.69) is 14.7 Å². The lowest BCUT2D eigenvalue weighted by molar-refractivity contribution is -0.141. The molecule has 218 valence electrons. The Hall–Kier alpha value is -3.43. The minimum Gasteiger partial charge on any atom is -0.480 e. The van der Waals surface area contributed by atoms with Gasteiger partial charge in [0.15, 0.2) is 0 Å². The van der Waals surface area contributed by atoms with E-state index in [9.17, 15) is 36.3 Å². The SMILES string of the molecule is CCC/C=C(\O/N=C/c1ccc(S(=O)(=O)NC2(C(=O)O)CC2(COC(=O)N(C)C)c2ccccc2)s1)C(F)(F)F. The van der Waals surface area contributed by atoms with Gasteiger partial charge in [-0.05, 0) is 36.6 Å². The summed E-state index contributed by atoms with van der Waals surface area (Å²) in [5.41, 5.74) is -2.97. The monoisotopic (exact) mass is 603 g/mol. The Bertz CT molecular complexity index is 1390. The van der Waals surface area contributed by atoms with E-state index in [1.165, 1.54) is 26.2 Å². The second-order valence-electron chi connectivity index (χ2n) is 9.23. The molecule has 2 aromatic rings. The van der Waals surface area contributed by atoms with Gasteiger partial charge in [-0.3, -0.25) is 4.79 Å². The average molecular weight is 604 g/mol. The van der Waals surface area contributed by atoms with Gasteiger partial charge in [0, 0.05) is 14.1 Å². The zero-order valence-electron chi connectivity index (χ0n) is 21.8. The number of carbonyl (C=O) groups is 2. The minimum atomic E-state index is -4.75. The summed E-state index contributed by atoms with van der Waals surface area (Å²) in [4.78, 5) is 30.4. The van der Waals surface area contributed by atoms with E-state index < -0.39 is 51.6 Å². The first-order valence-electron chi connectivity index (χ1n) is 11.9. The first kappa shape index (κ1) is 31.1. The predicted molar refractivity (Wildman–Crippen MR) is 141 cm³/mol. The van der Waals surface area contributed by atoms with Crippen molar-refractivity contribution in [1.29, 1.82) is 0 Å². The Balaban J connectivity index is 1.85. The van der Waals surface area contributed by atoms with Crippen molar-refractivity contribution in [2.45, 2.75) is 47.5 Å². The highest BCUT2D eigenvalue weighted by Gasteiger charge is 2.75. The minimum absolute atomic E-state index is 0.127. The van der Waals surface area contributed by atoms with Gasteiger partial charge >= 0.3 is 18.2 Å². The van der Waals surface area contributed by atoms with Crippen molar-refractivity contribution in [3.05, 3.63) is 64.7 Å². The number of hydrogen-bond donors (Lipinski definition) is 2. The van der Waals surface area contributed by atoms with Gasteiger partial charge in [0.2, 0.25) is 5.76 Å². The molecule has 0 spiro atoms. The lowest BCUT2D eigenvalue weighted by Crippen LogP contribution is -2.50. The van der Waals surface area contributed by atoms with Crippen LogP contribution in [-0.2, 0) is 29.8 Å². The van der Waals surface area contributed by atoms with Crippen LogP contribution >= 0.6 is 11.3 Å². The number of ether oxygens (including phenoxy) is 1. The molecule has 15 heteroatoms. The summed E-state index contributed by atoms with van der Waals surface area (Å²) in [6.07, 6.45) is -3.30. The quantitative estimate of drug-likeness (QED) is 0.207. The van der Waals surface area contributed by atoms with Gasteiger partial charge in [-0.15, -0.1) is 11.3 Å². The van der Waals surface area contributed by atoms with Crippen LogP contribution in [0.25, 0.3) is 0 Å². The van der Waals surface area contributed by atoms with E-state index in [0.29, 0.717) is 23.3 Å². The third-order valence-corrected chi connectivity index (χ3v) is 9.17. The van der Waals surface area contributed by atoms with Crippen molar-refractivity contribution < 1.29 is 45.9 Å². The molecule has 0 bridgehead atoms. The number of benzene rings is 1. The topological polar surface area (TPSA) is 135 Å². The van der Waals surface area contributed by atoms with Crippen molar-refractivity contribution in [1.82, 2.24) is 9.62 Å². The Kier molecular flexibility index (Phi) is 9.31. The summed E-state index contributed by atoms with van der Waals surface area (Å²) in [6, 6.07) is 10.7. The van der Waals surface area contributed by atoms with E-state index >= 15 is 0 Å². The van der Waals surface area contributed by atoms with Crippen molar-refractivity contribution in [2.24, 2.45) is 5.16 Å². The summed E-state index contributed by atoms with van der Waals surface area (Å²) in [7, 11) is -1.55. The van der Waals surface area contributed by atoms with Crippen LogP contribution in [0.2, 0.25) is 0 Å². The van der Waals surface area contributed by atoms with Crippen LogP contribution < -0.4 is 4.72 Å². The molecule has 1 aromatic heterocycles. The molecule has 1 saturated carbocycles. The number of carboxylic acids is 1. The first-order valence-corrected chi connectivity index (χ1v) is 14.2. The Morgan fingerprint density at radius 1 is 1.20 bits per heavy atom. The van der Waals surface area contributed by atoms with Gasteiger partial charge in [0.25, 0.3) is 10.0 Å². The summed E-state index contributed by atoms with van der Waals surface area (Å²) >= 11 is 0.650. The Labute approximate surface area is 233 Å². The summed E-state index contributed by atoms with van der Waals surface area (Å²) in [5.74, 6) is -2.76. The molecule has 3 rings (SSSR count). The zero-order chi connectivity index (χ0) is 29.8. The molecule has 2 N–H and O–H groups in total. The van der Waals surface area contributed by atoms with E-state index in [1.54, 1.807) is 37.3 Å².